The first-order valence-electron chi connectivity index (χ1n) is 6.20. The van der Waals surface area contributed by atoms with Crippen molar-refractivity contribution in [2.45, 2.75) is 25.3 Å². The fourth-order valence-electron chi connectivity index (χ4n) is 1.94. The van der Waals surface area contributed by atoms with Gasteiger partial charge in [0.25, 0.3) is 5.91 Å². The van der Waals surface area contributed by atoms with Crippen molar-refractivity contribution in [3.05, 3.63) is 35.1 Å². The van der Waals surface area contributed by atoms with Gasteiger partial charge in [-0.05, 0) is 37.9 Å². The molecule has 104 valence electrons. The van der Waals surface area contributed by atoms with Gasteiger partial charge in [0.2, 0.25) is 0 Å². The Hall–Kier alpha value is -1.56. The summed E-state index contributed by atoms with van der Waals surface area (Å²) in [6, 6.07) is 1.81. The molecule has 0 bridgehead atoms. The molecule has 0 aromatic heterocycles. The van der Waals surface area contributed by atoms with Gasteiger partial charge in [0.15, 0.2) is 17.5 Å². The molecule has 1 aromatic carbocycles. The molecule has 0 radical (unpaired) electrons. The smallest absolute Gasteiger partial charge is 0.257 e. The maximum absolute atomic E-state index is 13.6. The van der Waals surface area contributed by atoms with Crippen LogP contribution in [0.25, 0.3) is 0 Å². The van der Waals surface area contributed by atoms with Gasteiger partial charge in [-0.1, -0.05) is 0 Å². The predicted molar refractivity (Wildman–Crippen MR) is 64.0 cm³/mol. The molecule has 19 heavy (non-hydrogen) atoms. The number of amides is 1. The lowest BCUT2D eigenvalue weighted by atomic mass is 10.1. The molecule has 2 N–H and O–H groups in total. The van der Waals surface area contributed by atoms with Crippen LogP contribution in [0.5, 0.6) is 0 Å². The van der Waals surface area contributed by atoms with Gasteiger partial charge >= 0.3 is 0 Å². The molecule has 1 aromatic rings. The Morgan fingerprint density at radius 1 is 1.26 bits per heavy atom. The van der Waals surface area contributed by atoms with Crippen LogP contribution in [0, 0.1) is 17.5 Å². The van der Waals surface area contributed by atoms with E-state index in [0.717, 1.165) is 25.0 Å². The number of nitrogens with two attached hydrogens (primary N) is 1. The second kappa shape index (κ2) is 5.61. The highest BCUT2D eigenvalue weighted by Gasteiger charge is 2.34. The zero-order valence-electron chi connectivity index (χ0n) is 10.3. The summed E-state index contributed by atoms with van der Waals surface area (Å²) < 4.78 is 39.6. The maximum atomic E-state index is 13.6. The van der Waals surface area contributed by atoms with Crippen LogP contribution >= 0.6 is 0 Å². The minimum atomic E-state index is -1.61. The summed E-state index contributed by atoms with van der Waals surface area (Å²) in [7, 11) is 0. The lowest BCUT2D eigenvalue weighted by Crippen LogP contribution is -2.35. The largest absolute Gasteiger partial charge is 0.336 e. The molecule has 0 spiro atoms. The van der Waals surface area contributed by atoms with Crippen LogP contribution < -0.4 is 5.73 Å². The highest BCUT2D eigenvalue weighted by Crippen LogP contribution is 2.29. The number of hydrogen-bond acceptors (Lipinski definition) is 2. The number of hydrogen-bond donors (Lipinski definition) is 1. The predicted octanol–water partition coefficient (Wildman–Crippen LogP) is 2.06. The van der Waals surface area contributed by atoms with Gasteiger partial charge < -0.3 is 10.6 Å². The summed E-state index contributed by atoms with van der Waals surface area (Å²) in [4.78, 5) is 13.7. The minimum absolute atomic E-state index is 0.0616. The van der Waals surface area contributed by atoms with E-state index in [0.29, 0.717) is 19.5 Å². The summed E-state index contributed by atoms with van der Waals surface area (Å²) >= 11 is 0. The molecular weight excluding hydrogens is 257 g/mol. The molecule has 2 rings (SSSR count). The van der Waals surface area contributed by atoms with Crippen molar-refractivity contribution in [2.75, 3.05) is 13.1 Å². The zero-order valence-corrected chi connectivity index (χ0v) is 10.3. The average molecular weight is 272 g/mol. The van der Waals surface area contributed by atoms with Crippen molar-refractivity contribution in [3.63, 3.8) is 0 Å². The van der Waals surface area contributed by atoms with Crippen molar-refractivity contribution >= 4 is 5.91 Å². The second-order valence-corrected chi connectivity index (χ2v) is 4.59. The van der Waals surface area contributed by atoms with Crippen LogP contribution in [0.4, 0.5) is 13.2 Å². The summed E-state index contributed by atoms with van der Waals surface area (Å²) in [5.41, 5.74) is 4.96. The standard InChI is InChI=1S/C13H15F3N2O/c14-10-5-4-9(11(15)12(10)16)13(19)18(7-1-6-17)8-2-3-8/h4-5,8H,1-3,6-7,17H2. The molecule has 1 saturated carbocycles. The van der Waals surface area contributed by atoms with Gasteiger partial charge in [-0.3, -0.25) is 4.79 Å². The number of halogens is 3. The van der Waals surface area contributed by atoms with Crippen molar-refractivity contribution in [3.8, 4) is 0 Å². The molecular formula is C13H15F3N2O. The molecule has 1 aliphatic carbocycles. The lowest BCUT2D eigenvalue weighted by molar-refractivity contribution is 0.0736. The normalized spacial score (nSPS) is 14.5. The third kappa shape index (κ3) is 2.89. The fraction of sp³-hybridized carbons (Fsp3) is 0.462. The molecule has 1 fully saturated rings. The van der Waals surface area contributed by atoms with E-state index in [4.69, 9.17) is 5.73 Å². The van der Waals surface area contributed by atoms with Crippen LogP contribution in [-0.4, -0.2) is 29.9 Å². The lowest BCUT2D eigenvalue weighted by Gasteiger charge is -2.22. The van der Waals surface area contributed by atoms with E-state index >= 15 is 0 Å². The number of carbonyl (C=O) groups excluding carboxylic acids is 1. The van der Waals surface area contributed by atoms with Gasteiger partial charge in [0.1, 0.15) is 0 Å². The van der Waals surface area contributed by atoms with Crippen LogP contribution in [0.1, 0.15) is 29.6 Å². The summed E-state index contributed by atoms with van der Waals surface area (Å²) in [5.74, 6) is -4.94. The van der Waals surface area contributed by atoms with Crippen LogP contribution in [0.2, 0.25) is 0 Å². The molecule has 1 amide bonds. The Bertz CT molecular complexity index is 489. The topological polar surface area (TPSA) is 46.3 Å². The summed E-state index contributed by atoms with van der Waals surface area (Å²) in [6.07, 6.45) is 2.29. The third-order valence-electron chi connectivity index (χ3n) is 3.12. The van der Waals surface area contributed by atoms with Gasteiger partial charge in [-0.2, -0.15) is 0 Å². The van der Waals surface area contributed by atoms with E-state index < -0.39 is 28.9 Å². The Balaban J connectivity index is 2.24. The van der Waals surface area contributed by atoms with Crippen LogP contribution in [0.15, 0.2) is 12.1 Å². The van der Waals surface area contributed by atoms with Crippen molar-refractivity contribution < 1.29 is 18.0 Å². The molecule has 0 unspecified atom stereocenters. The highest BCUT2D eigenvalue weighted by molar-refractivity contribution is 5.95. The molecule has 0 saturated heterocycles. The zero-order chi connectivity index (χ0) is 14.0. The van der Waals surface area contributed by atoms with Crippen molar-refractivity contribution in [2.24, 2.45) is 5.73 Å². The van der Waals surface area contributed by atoms with E-state index in [1.54, 1.807) is 0 Å². The Kier molecular flexibility index (Phi) is 4.09. The SMILES string of the molecule is NCCCN(C(=O)c1ccc(F)c(F)c1F)C1CC1. The van der Waals surface area contributed by atoms with Crippen LogP contribution in [0.3, 0.4) is 0 Å². The van der Waals surface area contributed by atoms with Crippen molar-refractivity contribution in [1.82, 2.24) is 4.90 Å². The number of nitrogens with zero attached hydrogens (tertiary/aromatic N) is 1. The Labute approximate surface area is 109 Å². The van der Waals surface area contributed by atoms with Crippen molar-refractivity contribution in [1.29, 1.82) is 0 Å². The number of carbonyl (C=O) groups is 1. The van der Waals surface area contributed by atoms with Gasteiger partial charge in [0.05, 0.1) is 5.56 Å². The molecule has 0 atom stereocenters. The average Bonchev–Trinajstić information content (AvgIpc) is 3.21. The van der Waals surface area contributed by atoms with Gasteiger partial charge in [-0.25, -0.2) is 13.2 Å². The Morgan fingerprint density at radius 3 is 2.53 bits per heavy atom. The monoisotopic (exact) mass is 272 g/mol. The minimum Gasteiger partial charge on any atom is -0.336 e. The maximum Gasteiger partial charge on any atom is 0.257 e. The summed E-state index contributed by atoms with van der Waals surface area (Å²) in [5, 5.41) is 0. The first kappa shape index (κ1) is 13.9. The molecule has 3 nitrogen and oxygen atoms in total. The van der Waals surface area contributed by atoms with E-state index in [1.165, 1.54) is 4.90 Å². The van der Waals surface area contributed by atoms with E-state index in [-0.39, 0.29) is 6.04 Å². The first-order valence-corrected chi connectivity index (χ1v) is 6.20. The molecule has 6 heteroatoms. The van der Waals surface area contributed by atoms with E-state index in [9.17, 15) is 18.0 Å². The summed E-state index contributed by atoms with van der Waals surface area (Å²) in [6.45, 7) is 0.815. The fourth-order valence-corrected chi connectivity index (χ4v) is 1.94. The first-order chi connectivity index (χ1) is 9.06. The van der Waals surface area contributed by atoms with E-state index in [1.807, 2.05) is 0 Å². The molecule has 0 aliphatic heterocycles. The Morgan fingerprint density at radius 2 is 1.95 bits per heavy atom. The van der Waals surface area contributed by atoms with Gasteiger partial charge in [0, 0.05) is 12.6 Å². The number of benzene rings is 1. The second-order valence-electron chi connectivity index (χ2n) is 4.59. The molecule has 1 aliphatic rings. The quantitative estimate of drug-likeness (QED) is 0.834. The highest BCUT2D eigenvalue weighted by atomic mass is 19.2. The number of rotatable bonds is 5. The van der Waals surface area contributed by atoms with E-state index in [2.05, 4.69) is 0 Å². The molecule has 0 heterocycles. The van der Waals surface area contributed by atoms with Crippen LogP contribution in [-0.2, 0) is 0 Å². The third-order valence-corrected chi connectivity index (χ3v) is 3.12. The van der Waals surface area contributed by atoms with Gasteiger partial charge in [-0.15, -0.1) is 0 Å².